The van der Waals surface area contributed by atoms with Gasteiger partial charge in [0.2, 0.25) is 0 Å². The summed E-state index contributed by atoms with van der Waals surface area (Å²) in [4.78, 5) is 3.67. The second kappa shape index (κ2) is 2.23. The number of nitrogens with two attached hydrogens (primary N) is 1. The van der Waals surface area contributed by atoms with Gasteiger partial charge in [-0.25, -0.2) is 4.99 Å². The van der Waals surface area contributed by atoms with Gasteiger partial charge in [0.15, 0.2) is 12.2 Å². The summed E-state index contributed by atoms with van der Waals surface area (Å²) in [6.45, 7) is 1.95. The van der Waals surface area contributed by atoms with Gasteiger partial charge in [-0.1, -0.05) is 0 Å². The predicted octanol–water partition coefficient (Wildman–Crippen LogP) is -0.999. The molecule has 4 N–H and O–H groups in total. The molecule has 0 saturated heterocycles. The van der Waals surface area contributed by atoms with Crippen molar-refractivity contribution in [2.45, 2.75) is 25.6 Å². The van der Waals surface area contributed by atoms with Crippen LogP contribution in [0.2, 0.25) is 0 Å². The van der Waals surface area contributed by atoms with Crippen LogP contribution in [0.15, 0.2) is 4.99 Å². The van der Waals surface area contributed by atoms with E-state index in [0.29, 0.717) is 12.4 Å². The topological polar surface area (TPSA) is 70.6 Å². The van der Waals surface area contributed by atoms with Crippen LogP contribution in [0.25, 0.3) is 0 Å². The van der Waals surface area contributed by atoms with E-state index >= 15 is 0 Å². The van der Waals surface area contributed by atoms with Crippen molar-refractivity contribution in [1.29, 1.82) is 0 Å². The number of hydrogen-bond donors (Lipinski definition) is 3. The molecule has 0 aliphatic carbocycles. The lowest BCUT2D eigenvalue weighted by Gasteiger charge is -2.21. The summed E-state index contributed by atoms with van der Waals surface area (Å²) in [6, 6.07) is 0.234. The molecule has 0 amide bonds. The Morgan fingerprint density at radius 2 is 2.56 bits per heavy atom. The van der Waals surface area contributed by atoms with Gasteiger partial charge in [0.1, 0.15) is 0 Å². The van der Waals surface area contributed by atoms with Crippen molar-refractivity contribution in [2.24, 2.45) is 10.7 Å². The molecule has 1 aliphatic heterocycles. The highest BCUT2D eigenvalue weighted by molar-refractivity contribution is 5.78. The van der Waals surface area contributed by atoms with Crippen LogP contribution >= 0.6 is 0 Å². The molecule has 2 atom stereocenters. The lowest BCUT2D eigenvalue weighted by molar-refractivity contribution is 0.156. The molecular formula is C5H11N3O. The lowest BCUT2D eigenvalue weighted by Crippen LogP contribution is -2.44. The Hall–Kier alpha value is -0.770. The Kier molecular flexibility index (Phi) is 1.57. The van der Waals surface area contributed by atoms with Crippen molar-refractivity contribution in [3.05, 3.63) is 0 Å². The molecule has 0 aromatic rings. The van der Waals surface area contributed by atoms with Gasteiger partial charge in [-0.3, -0.25) is 0 Å². The SMILES string of the molecule is C[C@@H]1C[C@H](O)N=C(N)N1. The van der Waals surface area contributed by atoms with Crippen LogP contribution in [-0.2, 0) is 0 Å². The quantitative estimate of drug-likeness (QED) is 0.393. The van der Waals surface area contributed by atoms with Crippen LogP contribution in [0.1, 0.15) is 13.3 Å². The van der Waals surface area contributed by atoms with Crippen LogP contribution in [0.3, 0.4) is 0 Å². The molecule has 0 radical (unpaired) electrons. The largest absolute Gasteiger partial charge is 0.372 e. The van der Waals surface area contributed by atoms with Gasteiger partial charge < -0.3 is 16.2 Å². The number of aliphatic hydroxyl groups excluding tert-OH is 1. The van der Waals surface area contributed by atoms with E-state index in [-0.39, 0.29) is 6.04 Å². The molecule has 0 aromatic heterocycles. The van der Waals surface area contributed by atoms with Gasteiger partial charge in [-0.15, -0.1) is 0 Å². The lowest BCUT2D eigenvalue weighted by atomic mass is 10.2. The molecule has 9 heavy (non-hydrogen) atoms. The van der Waals surface area contributed by atoms with Crippen molar-refractivity contribution in [3.63, 3.8) is 0 Å². The summed E-state index contributed by atoms with van der Waals surface area (Å²) < 4.78 is 0. The van der Waals surface area contributed by atoms with E-state index in [2.05, 4.69) is 10.3 Å². The van der Waals surface area contributed by atoms with Crippen molar-refractivity contribution >= 4 is 5.96 Å². The maximum atomic E-state index is 8.94. The number of guanidine groups is 1. The van der Waals surface area contributed by atoms with Gasteiger partial charge in [0.25, 0.3) is 0 Å². The minimum Gasteiger partial charge on any atom is -0.372 e. The second-order valence-corrected chi connectivity index (χ2v) is 2.28. The Labute approximate surface area is 53.8 Å². The zero-order valence-electron chi connectivity index (χ0n) is 5.33. The molecule has 0 saturated carbocycles. The average molecular weight is 129 g/mol. The molecule has 0 aromatic carbocycles. The molecule has 0 unspecified atom stereocenters. The highest BCUT2D eigenvalue weighted by Crippen LogP contribution is 2.02. The molecule has 52 valence electrons. The molecule has 1 heterocycles. The fourth-order valence-electron chi connectivity index (χ4n) is 0.878. The number of aliphatic imine (C=N–C) groups is 1. The van der Waals surface area contributed by atoms with Crippen molar-refractivity contribution < 1.29 is 5.11 Å². The third-order valence-corrected chi connectivity index (χ3v) is 1.25. The fraction of sp³-hybridized carbons (Fsp3) is 0.800. The van der Waals surface area contributed by atoms with Crippen molar-refractivity contribution in [2.75, 3.05) is 0 Å². The molecular weight excluding hydrogens is 118 g/mol. The Morgan fingerprint density at radius 3 is 3.00 bits per heavy atom. The number of hydrogen-bond acceptors (Lipinski definition) is 4. The highest BCUT2D eigenvalue weighted by atomic mass is 16.3. The summed E-state index contributed by atoms with van der Waals surface area (Å²) >= 11 is 0. The van der Waals surface area contributed by atoms with E-state index in [1.807, 2.05) is 6.92 Å². The highest BCUT2D eigenvalue weighted by Gasteiger charge is 2.14. The predicted molar refractivity (Wildman–Crippen MR) is 34.8 cm³/mol. The maximum Gasteiger partial charge on any atom is 0.191 e. The van der Waals surface area contributed by atoms with Crippen LogP contribution in [-0.4, -0.2) is 23.3 Å². The molecule has 1 rings (SSSR count). The molecule has 4 heteroatoms. The van der Waals surface area contributed by atoms with E-state index in [1.54, 1.807) is 0 Å². The van der Waals surface area contributed by atoms with Crippen LogP contribution in [0.5, 0.6) is 0 Å². The Balaban J connectivity index is 2.56. The van der Waals surface area contributed by atoms with Crippen LogP contribution in [0.4, 0.5) is 0 Å². The standard InChI is InChI=1S/C5H11N3O/c1-3-2-4(9)8-5(6)7-3/h3-4,9H,2H2,1H3,(H3,6,7,8)/t3-,4+/m1/s1. The first-order valence-electron chi connectivity index (χ1n) is 2.96. The summed E-state index contributed by atoms with van der Waals surface area (Å²) in [5.74, 6) is 0.334. The summed E-state index contributed by atoms with van der Waals surface area (Å²) in [6.07, 6.45) is 0.0296. The Bertz CT molecular complexity index is 134. The van der Waals surface area contributed by atoms with Gasteiger partial charge in [-0.05, 0) is 6.92 Å². The number of nitrogens with one attached hydrogen (secondary N) is 1. The van der Waals surface area contributed by atoms with Crippen molar-refractivity contribution in [1.82, 2.24) is 5.32 Å². The van der Waals surface area contributed by atoms with E-state index in [4.69, 9.17) is 10.8 Å². The minimum absolute atomic E-state index is 0.234. The van der Waals surface area contributed by atoms with E-state index < -0.39 is 6.23 Å². The monoisotopic (exact) mass is 129 g/mol. The van der Waals surface area contributed by atoms with E-state index in [9.17, 15) is 0 Å². The van der Waals surface area contributed by atoms with Gasteiger partial charge in [0.05, 0.1) is 0 Å². The summed E-state index contributed by atoms with van der Waals surface area (Å²) in [7, 11) is 0. The maximum absolute atomic E-state index is 8.94. The average Bonchev–Trinajstić information content (AvgIpc) is 1.59. The zero-order valence-corrected chi connectivity index (χ0v) is 5.33. The first kappa shape index (κ1) is 6.35. The molecule has 0 bridgehead atoms. The summed E-state index contributed by atoms with van der Waals surface area (Å²) in [5, 5.41) is 11.8. The zero-order chi connectivity index (χ0) is 6.85. The van der Waals surface area contributed by atoms with E-state index in [1.165, 1.54) is 0 Å². The van der Waals surface area contributed by atoms with Crippen LogP contribution in [0, 0.1) is 0 Å². The van der Waals surface area contributed by atoms with E-state index in [0.717, 1.165) is 0 Å². The van der Waals surface area contributed by atoms with Crippen molar-refractivity contribution in [3.8, 4) is 0 Å². The first-order chi connectivity index (χ1) is 4.18. The minimum atomic E-state index is -0.610. The molecule has 4 nitrogen and oxygen atoms in total. The number of nitrogens with zero attached hydrogens (tertiary/aromatic N) is 1. The molecule has 0 spiro atoms. The molecule has 0 fully saturated rings. The fourth-order valence-corrected chi connectivity index (χ4v) is 0.878. The second-order valence-electron chi connectivity index (χ2n) is 2.28. The van der Waals surface area contributed by atoms with Crippen LogP contribution < -0.4 is 11.1 Å². The third-order valence-electron chi connectivity index (χ3n) is 1.25. The number of aliphatic hydroxyl groups is 1. The van der Waals surface area contributed by atoms with Gasteiger partial charge in [0, 0.05) is 12.5 Å². The van der Waals surface area contributed by atoms with Gasteiger partial charge in [-0.2, -0.15) is 0 Å². The normalized spacial score (nSPS) is 35.1. The number of rotatable bonds is 0. The Morgan fingerprint density at radius 1 is 1.89 bits per heavy atom. The molecule has 1 aliphatic rings. The van der Waals surface area contributed by atoms with Gasteiger partial charge >= 0.3 is 0 Å². The third kappa shape index (κ3) is 1.57. The summed E-state index contributed by atoms with van der Waals surface area (Å²) in [5.41, 5.74) is 5.29. The smallest absolute Gasteiger partial charge is 0.191 e. The first-order valence-corrected chi connectivity index (χ1v) is 2.96.